The van der Waals surface area contributed by atoms with Crippen LogP contribution in [0.1, 0.15) is 25.7 Å². The van der Waals surface area contributed by atoms with Gasteiger partial charge in [-0.1, -0.05) is 0 Å². The van der Waals surface area contributed by atoms with Gasteiger partial charge >= 0.3 is 11.9 Å². The highest BCUT2D eigenvalue weighted by molar-refractivity contribution is 5.69. The third-order valence-electron chi connectivity index (χ3n) is 1.58. The van der Waals surface area contributed by atoms with E-state index in [1.54, 1.807) is 0 Å². The van der Waals surface area contributed by atoms with Gasteiger partial charge in [-0.25, -0.2) is 0 Å². The maximum Gasteiger partial charge on any atom is 0.327 e. The van der Waals surface area contributed by atoms with E-state index in [1.165, 1.54) is 0 Å². The molecule has 0 aliphatic carbocycles. The normalized spacial score (nSPS) is 11.9. The van der Waals surface area contributed by atoms with Crippen molar-refractivity contribution in [1.29, 1.82) is 0 Å². The van der Waals surface area contributed by atoms with Crippen molar-refractivity contribution in [2.45, 2.75) is 31.8 Å². The van der Waals surface area contributed by atoms with Gasteiger partial charge in [0.25, 0.3) is 0 Å². The second-order valence-electron chi connectivity index (χ2n) is 2.73. The lowest BCUT2D eigenvalue weighted by molar-refractivity contribution is -0.146. The Kier molecular flexibility index (Phi) is 6.63. The molecule has 1 unspecified atom stereocenters. The van der Waals surface area contributed by atoms with Gasteiger partial charge in [0.05, 0.1) is 12.5 Å². The van der Waals surface area contributed by atoms with Crippen LogP contribution in [0.25, 0.3) is 0 Å². The minimum atomic E-state index is -0.864. The molecular weight excluding hydrogens is 192 g/mol. The molecule has 0 saturated heterocycles. The third-order valence-corrected chi connectivity index (χ3v) is 1.58. The zero-order chi connectivity index (χ0) is 11.0. The van der Waals surface area contributed by atoms with Crippen LogP contribution in [-0.4, -0.2) is 23.1 Å². The van der Waals surface area contributed by atoms with Crippen LogP contribution in [0.4, 0.5) is 0 Å². The van der Waals surface area contributed by atoms with Crippen molar-refractivity contribution in [1.82, 2.24) is 0 Å². The number of hydrogen-bond acceptors (Lipinski definition) is 7. The maximum absolute atomic E-state index is 10.6. The van der Waals surface area contributed by atoms with E-state index in [2.05, 4.69) is 21.5 Å². The molecule has 7 nitrogen and oxygen atoms in total. The largest absolute Gasteiger partial charge is 0.393 e. The lowest BCUT2D eigenvalue weighted by Gasteiger charge is -2.07. The lowest BCUT2D eigenvalue weighted by Crippen LogP contribution is -2.18. The molecule has 0 heterocycles. The average Bonchev–Trinajstić information content (AvgIpc) is 2.17. The van der Waals surface area contributed by atoms with Gasteiger partial charge in [-0.3, -0.25) is 9.59 Å². The van der Waals surface area contributed by atoms with Crippen LogP contribution >= 0.6 is 0 Å². The van der Waals surface area contributed by atoms with Crippen molar-refractivity contribution in [2.75, 3.05) is 0 Å². The number of aliphatic hydroxyl groups excluding tert-OH is 1. The number of aliphatic hydroxyl groups is 1. The van der Waals surface area contributed by atoms with Crippen molar-refractivity contribution >= 4 is 11.9 Å². The second-order valence-corrected chi connectivity index (χ2v) is 2.73. The van der Waals surface area contributed by atoms with Crippen LogP contribution in [0.2, 0.25) is 0 Å². The van der Waals surface area contributed by atoms with E-state index in [0.717, 1.165) is 0 Å². The van der Waals surface area contributed by atoms with Gasteiger partial charge in [0.2, 0.25) is 0 Å². The zero-order valence-corrected chi connectivity index (χ0v) is 7.64. The Labute approximate surface area is 80.9 Å². The summed E-state index contributed by atoms with van der Waals surface area (Å²) in [5.74, 6) is 7.90. The van der Waals surface area contributed by atoms with E-state index in [0.29, 0.717) is 6.42 Å². The molecule has 0 aromatic rings. The van der Waals surface area contributed by atoms with Crippen LogP contribution in [-0.2, 0) is 19.3 Å². The number of nitrogens with two attached hydrogens (primary N) is 2. The first-order chi connectivity index (χ1) is 6.60. The molecule has 0 rings (SSSR count). The van der Waals surface area contributed by atoms with E-state index in [9.17, 15) is 14.7 Å². The van der Waals surface area contributed by atoms with Gasteiger partial charge in [-0.15, -0.1) is 0 Å². The summed E-state index contributed by atoms with van der Waals surface area (Å²) in [5.41, 5.74) is 0. The Morgan fingerprint density at radius 2 is 1.79 bits per heavy atom. The minimum absolute atomic E-state index is 0.102. The summed E-state index contributed by atoms with van der Waals surface area (Å²) in [6.45, 7) is 0. The van der Waals surface area contributed by atoms with Gasteiger partial charge < -0.3 is 14.8 Å². The van der Waals surface area contributed by atoms with Crippen molar-refractivity contribution in [3.05, 3.63) is 0 Å². The maximum atomic E-state index is 10.6. The molecule has 0 saturated carbocycles. The fraction of sp³-hybridized carbons (Fsp3) is 0.714. The first kappa shape index (κ1) is 12.8. The summed E-state index contributed by atoms with van der Waals surface area (Å²) in [6.07, 6.45) is -0.282. The molecule has 0 aliphatic rings. The van der Waals surface area contributed by atoms with Gasteiger partial charge in [0, 0.05) is 6.42 Å². The Morgan fingerprint density at radius 1 is 1.21 bits per heavy atom. The molecule has 0 spiro atoms. The highest BCUT2D eigenvalue weighted by Gasteiger charge is 2.12. The van der Waals surface area contributed by atoms with Gasteiger partial charge in [0.15, 0.2) is 0 Å². The fourth-order valence-corrected chi connectivity index (χ4v) is 0.884. The van der Waals surface area contributed by atoms with Crippen molar-refractivity contribution in [2.24, 2.45) is 11.8 Å². The highest BCUT2D eigenvalue weighted by Crippen LogP contribution is 2.05. The predicted molar refractivity (Wildman–Crippen MR) is 45.0 cm³/mol. The first-order valence-electron chi connectivity index (χ1n) is 4.07. The quantitative estimate of drug-likeness (QED) is 0.463. The molecule has 0 radical (unpaired) electrons. The van der Waals surface area contributed by atoms with Crippen LogP contribution in [0.15, 0.2) is 0 Å². The van der Waals surface area contributed by atoms with Gasteiger partial charge in [-0.05, 0) is 12.8 Å². The molecule has 82 valence electrons. The van der Waals surface area contributed by atoms with E-state index in [-0.39, 0.29) is 19.3 Å². The first-order valence-corrected chi connectivity index (χ1v) is 4.07. The van der Waals surface area contributed by atoms with E-state index < -0.39 is 18.0 Å². The summed E-state index contributed by atoms with van der Waals surface area (Å²) in [6, 6.07) is 0. The Bertz CT molecular complexity index is 197. The molecule has 1 atom stereocenters. The van der Waals surface area contributed by atoms with Gasteiger partial charge in [-0.2, -0.15) is 11.8 Å². The summed E-state index contributed by atoms with van der Waals surface area (Å²) < 4.78 is 0. The summed E-state index contributed by atoms with van der Waals surface area (Å²) in [7, 11) is 0. The molecule has 0 aliphatic heterocycles. The smallest absolute Gasteiger partial charge is 0.327 e. The second kappa shape index (κ2) is 7.25. The van der Waals surface area contributed by atoms with Crippen LogP contribution in [0.5, 0.6) is 0 Å². The zero-order valence-electron chi connectivity index (χ0n) is 7.64. The Hall–Kier alpha value is -1.18. The van der Waals surface area contributed by atoms with Gasteiger partial charge in [0.1, 0.15) is 0 Å². The third kappa shape index (κ3) is 6.35. The molecule has 7 heteroatoms. The molecule has 0 amide bonds. The van der Waals surface area contributed by atoms with E-state index >= 15 is 0 Å². The van der Waals surface area contributed by atoms with E-state index in [1.807, 2.05) is 0 Å². The number of carbonyl (C=O) groups excluding carboxylic acids is 2. The number of hydrogen-bond donors (Lipinski definition) is 3. The molecule has 5 N–H and O–H groups in total. The van der Waals surface area contributed by atoms with Crippen LogP contribution in [0.3, 0.4) is 0 Å². The topological polar surface area (TPSA) is 125 Å². The summed E-state index contributed by atoms with van der Waals surface area (Å²) >= 11 is 0. The van der Waals surface area contributed by atoms with Crippen LogP contribution in [0, 0.1) is 0 Å². The van der Waals surface area contributed by atoms with Crippen molar-refractivity contribution in [3.8, 4) is 0 Å². The minimum Gasteiger partial charge on any atom is -0.393 e. The Balaban J connectivity index is 3.49. The molecule has 0 aromatic heterocycles. The molecule has 0 aromatic carbocycles. The van der Waals surface area contributed by atoms with E-state index in [4.69, 9.17) is 0 Å². The van der Waals surface area contributed by atoms with Crippen molar-refractivity contribution in [3.63, 3.8) is 0 Å². The highest BCUT2D eigenvalue weighted by atomic mass is 16.7. The molecule has 0 bridgehead atoms. The molecule has 0 fully saturated rings. The predicted octanol–water partition coefficient (Wildman–Crippen LogP) is -1.26. The summed E-state index contributed by atoms with van der Waals surface area (Å²) in [5, 5.41) is 9.20. The van der Waals surface area contributed by atoms with Crippen molar-refractivity contribution < 1.29 is 24.4 Å². The summed E-state index contributed by atoms with van der Waals surface area (Å²) in [4.78, 5) is 28.8. The Morgan fingerprint density at radius 3 is 2.29 bits per heavy atom. The van der Waals surface area contributed by atoms with Crippen LogP contribution < -0.4 is 11.8 Å². The average molecular weight is 206 g/mol. The standard InChI is InChI=1S/C7H14N2O5/c8-13-6(11)3-1-2-5(10)4-7(12)14-9/h5,10H,1-4,8-9H2. The molecular formula is C7H14N2O5. The monoisotopic (exact) mass is 206 g/mol. The molecule has 14 heavy (non-hydrogen) atoms. The number of carbonyl (C=O) groups is 2. The number of rotatable bonds is 6. The SMILES string of the molecule is NOC(=O)CCCC(O)CC(=O)ON. The fourth-order valence-electron chi connectivity index (χ4n) is 0.884. The lowest BCUT2D eigenvalue weighted by atomic mass is 10.1.